The fraction of sp³-hybridized carbons (Fsp3) is 0.263. The normalized spacial score (nSPS) is 12.2. The quantitative estimate of drug-likeness (QED) is 0.319. The Labute approximate surface area is 155 Å². The van der Waals surface area contributed by atoms with Crippen molar-refractivity contribution in [3.8, 4) is 0 Å². The van der Waals surface area contributed by atoms with Crippen molar-refractivity contribution in [1.29, 1.82) is 0 Å². The van der Waals surface area contributed by atoms with Gasteiger partial charge in [0, 0.05) is 11.1 Å². The van der Waals surface area contributed by atoms with Gasteiger partial charge >= 0.3 is 5.97 Å². The van der Waals surface area contributed by atoms with Gasteiger partial charge in [0.05, 0.1) is 29.1 Å². The Morgan fingerprint density at radius 1 is 1.19 bits per heavy atom. The highest BCUT2D eigenvalue weighted by Gasteiger charge is 2.26. The molecule has 0 aliphatic carbocycles. The number of nitrogens with zero attached hydrogens (tertiary/aromatic N) is 2. The number of carbonyl (C=O) groups excluding carboxylic acids is 2. The van der Waals surface area contributed by atoms with E-state index in [4.69, 9.17) is 4.74 Å². The van der Waals surface area contributed by atoms with Crippen molar-refractivity contribution in [3.63, 3.8) is 0 Å². The number of thioether (sulfide) groups is 1. The lowest BCUT2D eigenvalue weighted by Crippen LogP contribution is -2.16. The number of benzene rings is 1. The fourth-order valence-corrected chi connectivity index (χ4v) is 3.87. The van der Waals surface area contributed by atoms with Gasteiger partial charge in [-0.3, -0.25) is 4.79 Å². The lowest BCUT2D eigenvalue weighted by molar-refractivity contribution is 0.0599. The summed E-state index contributed by atoms with van der Waals surface area (Å²) in [6.45, 7) is 5.34. The van der Waals surface area contributed by atoms with E-state index in [9.17, 15) is 9.59 Å². The summed E-state index contributed by atoms with van der Waals surface area (Å²) in [4.78, 5) is 36.5. The van der Waals surface area contributed by atoms with E-state index in [0.717, 1.165) is 15.9 Å². The van der Waals surface area contributed by atoms with Gasteiger partial charge in [0.15, 0.2) is 5.78 Å². The third-order valence-corrected chi connectivity index (χ3v) is 5.35. The molecule has 3 rings (SSSR count). The molecule has 1 N–H and O–H groups in total. The van der Waals surface area contributed by atoms with Crippen molar-refractivity contribution < 1.29 is 14.3 Å². The zero-order valence-electron chi connectivity index (χ0n) is 15.0. The highest BCUT2D eigenvalue weighted by molar-refractivity contribution is 8.00. The second-order valence-corrected chi connectivity index (χ2v) is 7.27. The number of carbonyl (C=O) groups is 2. The number of fused-ring (bicyclic) bond motifs is 1. The number of aryl methyl sites for hydroxylation is 1. The third kappa shape index (κ3) is 3.22. The minimum atomic E-state index is -0.447. The average molecular weight is 369 g/mol. The van der Waals surface area contributed by atoms with Crippen LogP contribution in [0.3, 0.4) is 0 Å². The van der Waals surface area contributed by atoms with E-state index >= 15 is 0 Å². The standard InChI is InChI=1S/C19H19N3O3S/c1-10-15(19(24)25-4)11(2)22-16(10)17(23)12(3)26-18-13-7-5-6-8-14(13)20-9-21-18/h5-9,12,22H,1-4H3. The Kier molecular flexibility index (Phi) is 5.08. The molecule has 0 aliphatic rings. The van der Waals surface area contributed by atoms with E-state index in [-0.39, 0.29) is 11.0 Å². The van der Waals surface area contributed by atoms with Crippen LogP contribution >= 0.6 is 11.8 Å². The second-order valence-electron chi connectivity index (χ2n) is 5.94. The summed E-state index contributed by atoms with van der Waals surface area (Å²) in [6, 6.07) is 7.68. The molecule has 0 spiro atoms. The third-order valence-electron chi connectivity index (χ3n) is 4.24. The number of rotatable bonds is 5. The molecule has 134 valence electrons. The van der Waals surface area contributed by atoms with Crippen LogP contribution in [-0.4, -0.2) is 39.1 Å². The first-order valence-electron chi connectivity index (χ1n) is 8.12. The maximum atomic E-state index is 12.9. The number of esters is 1. The summed E-state index contributed by atoms with van der Waals surface area (Å²) >= 11 is 1.38. The molecule has 6 nitrogen and oxygen atoms in total. The number of methoxy groups -OCH3 is 1. The van der Waals surface area contributed by atoms with Crippen LogP contribution in [0.25, 0.3) is 10.9 Å². The van der Waals surface area contributed by atoms with Gasteiger partial charge in [-0.2, -0.15) is 0 Å². The zero-order chi connectivity index (χ0) is 18.8. The van der Waals surface area contributed by atoms with Gasteiger partial charge in [0.1, 0.15) is 11.4 Å². The Morgan fingerprint density at radius 2 is 1.92 bits per heavy atom. The molecule has 1 atom stereocenters. The van der Waals surface area contributed by atoms with E-state index in [2.05, 4.69) is 15.0 Å². The predicted octanol–water partition coefficient (Wildman–Crippen LogP) is 3.72. The maximum absolute atomic E-state index is 12.9. The Bertz CT molecular complexity index is 992. The smallest absolute Gasteiger partial charge is 0.339 e. The molecular formula is C19H19N3O3S. The summed E-state index contributed by atoms with van der Waals surface area (Å²) in [7, 11) is 1.33. The lowest BCUT2D eigenvalue weighted by Gasteiger charge is -2.11. The van der Waals surface area contributed by atoms with Crippen LogP contribution in [0.4, 0.5) is 0 Å². The largest absolute Gasteiger partial charge is 0.465 e. The van der Waals surface area contributed by atoms with Crippen molar-refractivity contribution in [2.24, 2.45) is 0 Å². The number of ketones is 1. The van der Waals surface area contributed by atoms with Gasteiger partial charge in [0.25, 0.3) is 0 Å². The van der Waals surface area contributed by atoms with Gasteiger partial charge in [-0.1, -0.05) is 30.0 Å². The van der Waals surface area contributed by atoms with Crippen LogP contribution in [0.5, 0.6) is 0 Å². The Morgan fingerprint density at radius 3 is 2.65 bits per heavy atom. The van der Waals surface area contributed by atoms with Crippen LogP contribution < -0.4 is 0 Å². The minimum absolute atomic E-state index is 0.0894. The molecule has 0 saturated heterocycles. The van der Waals surface area contributed by atoms with E-state index in [0.29, 0.717) is 22.5 Å². The Balaban J connectivity index is 1.90. The molecule has 7 heteroatoms. The topological polar surface area (TPSA) is 84.9 Å². The highest BCUT2D eigenvalue weighted by Crippen LogP contribution is 2.30. The fourth-order valence-electron chi connectivity index (χ4n) is 2.90. The number of Topliss-reactive ketones (excluding diaryl/α,β-unsaturated/α-hetero) is 1. The van der Waals surface area contributed by atoms with E-state index in [1.165, 1.54) is 25.2 Å². The average Bonchev–Trinajstić information content (AvgIpc) is 2.95. The van der Waals surface area contributed by atoms with E-state index < -0.39 is 5.97 Å². The number of hydrogen-bond donors (Lipinski definition) is 1. The summed E-state index contributed by atoms with van der Waals surface area (Å²) in [6.07, 6.45) is 1.50. The van der Waals surface area contributed by atoms with Crippen LogP contribution in [0.15, 0.2) is 35.6 Å². The number of ether oxygens (including phenoxy) is 1. The molecule has 0 saturated carbocycles. The van der Waals surface area contributed by atoms with E-state index in [1.54, 1.807) is 13.8 Å². The molecule has 3 aromatic rings. The van der Waals surface area contributed by atoms with Crippen molar-refractivity contribution in [3.05, 3.63) is 53.1 Å². The van der Waals surface area contributed by atoms with Gasteiger partial charge in [-0.05, 0) is 32.4 Å². The predicted molar refractivity (Wildman–Crippen MR) is 101 cm³/mol. The molecule has 2 aromatic heterocycles. The number of para-hydroxylation sites is 1. The van der Waals surface area contributed by atoms with Crippen molar-refractivity contribution in [1.82, 2.24) is 15.0 Å². The number of aromatic nitrogens is 3. The summed E-state index contributed by atoms with van der Waals surface area (Å²) in [5, 5.41) is 1.29. The van der Waals surface area contributed by atoms with E-state index in [1.807, 2.05) is 31.2 Å². The van der Waals surface area contributed by atoms with Crippen LogP contribution in [0, 0.1) is 13.8 Å². The lowest BCUT2D eigenvalue weighted by atomic mass is 10.1. The van der Waals surface area contributed by atoms with Gasteiger partial charge in [0.2, 0.25) is 0 Å². The molecule has 1 aromatic carbocycles. The Hall–Kier alpha value is -2.67. The highest BCUT2D eigenvalue weighted by atomic mass is 32.2. The first kappa shape index (κ1) is 18.1. The summed E-state index contributed by atoms with van der Waals surface area (Å²) < 4.78 is 4.80. The molecule has 2 heterocycles. The van der Waals surface area contributed by atoms with Gasteiger partial charge in [-0.15, -0.1) is 0 Å². The molecule has 1 unspecified atom stereocenters. The summed E-state index contributed by atoms with van der Waals surface area (Å²) in [5.41, 5.74) is 2.92. The molecular weight excluding hydrogens is 350 g/mol. The number of H-pyrrole nitrogens is 1. The molecule has 26 heavy (non-hydrogen) atoms. The number of hydrogen-bond acceptors (Lipinski definition) is 6. The van der Waals surface area contributed by atoms with Crippen molar-refractivity contribution in [2.45, 2.75) is 31.0 Å². The number of nitrogens with one attached hydrogen (secondary N) is 1. The minimum Gasteiger partial charge on any atom is -0.465 e. The number of aromatic amines is 1. The van der Waals surface area contributed by atoms with Gasteiger partial charge < -0.3 is 9.72 Å². The first-order chi connectivity index (χ1) is 12.4. The first-order valence-corrected chi connectivity index (χ1v) is 9.00. The van der Waals surface area contributed by atoms with Crippen LogP contribution in [0.2, 0.25) is 0 Å². The second kappa shape index (κ2) is 7.29. The zero-order valence-corrected chi connectivity index (χ0v) is 15.8. The van der Waals surface area contributed by atoms with Crippen molar-refractivity contribution in [2.75, 3.05) is 7.11 Å². The summed E-state index contributed by atoms with van der Waals surface area (Å²) in [5.74, 6) is -0.536. The molecule has 0 amide bonds. The molecule has 0 fully saturated rings. The molecule has 0 aliphatic heterocycles. The molecule has 0 bridgehead atoms. The van der Waals surface area contributed by atoms with Crippen LogP contribution in [0.1, 0.15) is 39.0 Å². The molecule has 0 radical (unpaired) electrons. The van der Waals surface area contributed by atoms with Gasteiger partial charge in [-0.25, -0.2) is 14.8 Å². The SMILES string of the molecule is COC(=O)c1c(C)[nH]c(C(=O)C(C)Sc2ncnc3ccccc23)c1C. The monoisotopic (exact) mass is 369 g/mol. The van der Waals surface area contributed by atoms with Crippen LogP contribution in [-0.2, 0) is 4.74 Å². The van der Waals surface area contributed by atoms with Crippen molar-refractivity contribution >= 4 is 34.4 Å². The maximum Gasteiger partial charge on any atom is 0.339 e.